The lowest BCUT2D eigenvalue weighted by Crippen LogP contribution is -2.07. The van der Waals surface area contributed by atoms with E-state index in [1.165, 1.54) is 7.11 Å². The molecule has 22 heavy (non-hydrogen) atoms. The largest absolute Gasteiger partial charge is 0.493 e. The molecule has 8 heteroatoms. The van der Waals surface area contributed by atoms with Gasteiger partial charge in [-0.1, -0.05) is 11.6 Å². The molecule has 0 aliphatic carbocycles. The standard InChI is InChI=1S/C14H16ClN3O4/c1-4-21-11-7-9(15)8(6-10(11)20-3)12-13(17-18-16-12)14(19)22-5-2/h6-7H,4-5H2,1-3H3,(H,16,17,18). The molecule has 7 nitrogen and oxygen atoms in total. The molecule has 0 unspecified atom stereocenters. The zero-order chi connectivity index (χ0) is 16.1. The quantitative estimate of drug-likeness (QED) is 0.822. The maximum atomic E-state index is 11.9. The van der Waals surface area contributed by atoms with Crippen LogP contribution in [0.25, 0.3) is 11.3 Å². The molecule has 2 aromatic rings. The Balaban J connectivity index is 2.49. The second-order valence-electron chi connectivity index (χ2n) is 4.16. The number of ether oxygens (including phenoxy) is 3. The van der Waals surface area contributed by atoms with E-state index >= 15 is 0 Å². The summed E-state index contributed by atoms with van der Waals surface area (Å²) in [7, 11) is 1.52. The van der Waals surface area contributed by atoms with E-state index in [0.29, 0.717) is 34.4 Å². The van der Waals surface area contributed by atoms with Crippen LogP contribution in [0.1, 0.15) is 24.3 Å². The van der Waals surface area contributed by atoms with Gasteiger partial charge in [0.15, 0.2) is 17.2 Å². The van der Waals surface area contributed by atoms with Gasteiger partial charge in [0.25, 0.3) is 0 Å². The first kappa shape index (κ1) is 16.1. The monoisotopic (exact) mass is 325 g/mol. The summed E-state index contributed by atoms with van der Waals surface area (Å²) in [6.07, 6.45) is 0. The van der Waals surface area contributed by atoms with Crippen LogP contribution >= 0.6 is 11.6 Å². The Morgan fingerprint density at radius 1 is 1.23 bits per heavy atom. The van der Waals surface area contributed by atoms with Crippen molar-refractivity contribution < 1.29 is 19.0 Å². The molecule has 0 aliphatic heterocycles. The molecule has 2 rings (SSSR count). The molecule has 1 heterocycles. The number of benzene rings is 1. The summed E-state index contributed by atoms with van der Waals surface area (Å²) >= 11 is 6.27. The summed E-state index contributed by atoms with van der Waals surface area (Å²) < 4.78 is 15.7. The van der Waals surface area contributed by atoms with Crippen molar-refractivity contribution >= 4 is 17.6 Å². The summed E-state index contributed by atoms with van der Waals surface area (Å²) in [5.74, 6) is 0.425. The number of methoxy groups -OCH3 is 1. The van der Waals surface area contributed by atoms with Crippen LogP contribution in [0.15, 0.2) is 12.1 Å². The summed E-state index contributed by atoms with van der Waals surface area (Å²) in [5, 5.41) is 10.6. The fraction of sp³-hybridized carbons (Fsp3) is 0.357. The number of hydrogen-bond donors (Lipinski definition) is 1. The zero-order valence-corrected chi connectivity index (χ0v) is 13.2. The van der Waals surface area contributed by atoms with Gasteiger partial charge in [0.1, 0.15) is 5.69 Å². The van der Waals surface area contributed by atoms with Crippen LogP contribution in [0.3, 0.4) is 0 Å². The van der Waals surface area contributed by atoms with Crippen molar-refractivity contribution in [2.24, 2.45) is 0 Å². The molecule has 0 bridgehead atoms. The Morgan fingerprint density at radius 2 is 2.00 bits per heavy atom. The minimum atomic E-state index is -0.574. The van der Waals surface area contributed by atoms with Crippen molar-refractivity contribution in [3.8, 4) is 22.8 Å². The normalized spacial score (nSPS) is 10.4. The lowest BCUT2D eigenvalue weighted by atomic mass is 10.1. The van der Waals surface area contributed by atoms with E-state index in [0.717, 1.165) is 0 Å². The number of halogens is 1. The number of carbonyl (C=O) groups excluding carboxylic acids is 1. The number of nitrogens with one attached hydrogen (secondary N) is 1. The molecule has 1 aromatic carbocycles. The third-order valence-corrected chi connectivity index (χ3v) is 3.14. The van der Waals surface area contributed by atoms with Gasteiger partial charge in [0.05, 0.1) is 25.3 Å². The zero-order valence-electron chi connectivity index (χ0n) is 12.5. The van der Waals surface area contributed by atoms with Crippen molar-refractivity contribution in [1.29, 1.82) is 0 Å². The van der Waals surface area contributed by atoms with Crippen molar-refractivity contribution in [2.75, 3.05) is 20.3 Å². The topological polar surface area (TPSA) is 86.3 Å². The first-order valence-corrected chi connectivity index (χ1v) is 7.08. The van der Waals surface area contributed by atoms with Crippen LogP contribution in [0.4, 0.5) is 0 Å². The van der Waals surface area contributed by atoms with E-state index in [9.17, 15) is 4.79 Å². The van der Waals surface area contributed by atoms with Gasteiger partial charge in [-0.25, -0.2) is 4.79 Å². The van der Waals surface area contributed by atoms with E-state index in [2.05, 4.69) is 15.4 Å². The molecule has 1 aromatic heterocycles. The number of rotatable bonds is 6. The van der Waals surface area contributed by atoms with Crippen LogP contribution in [0.5, 0.6) is 11.5 Å². The molecule has 0 amide bonds. The molecular formula is C14H16ClN3O4. The number of esters is 1. The van der Waals surface area contributed by atoms with Gasteiger partial charge in [-0.3, -0.25) is 0 Å². The van der Waals surface area contributed by atoms with E-state index in [1.807, 2.05) is 6.92 Å². The summed E-state index contributed by atoms with van der Waals surface area (Å²) in [5.41, 5.74) is 0.860. The van der Waals surface area contributed by atoms with Gasteiger partial charge in [0.2, 0.25) is 0 Å². The summed E-state index contributed by atoms with van der Waals surface area (Å²) in [6.45, 7) is 4.29. The van der Waals surface area contributed by atoms with E-state index in [4.69, 9.17) is 25.8 Å². The first-order chi connectivity index (χ1) is 10.6. The molecule has 0 atom stereocenters. The minimum Gasteiger partial charge on any atom is -0.493 e. The van der Waals surface area contributed by atoms with Crippen LogP contribution in [-0.4, -0.2) is 41.7 Å². The molecular weight excluding hydrogens is 310 g/mol. The van der Waals surface area contributed by atoms with Crippen LogP contribution in [0, 0.1) is 0 Å². The van der Waals surface area contributed by atoms with Crippen LogP contribution in [-0.2, 0) is 4.74 Å². The van der Waals surface area contributed by atoms with Gasteiger partial charge >= 0.3 is 5.97 Å². The highest BCUT2D eigenvalue weighted by atomic mass is 35.5. The highest BCUT2D eigenvalue weighted by molar-refractivity contribution is 6.33. The van der Waals surface area contributed by atoms with Gasteiger partial charge in [-0.05, 0) is 19.9 Å². The van der Waals surface area contributed by atoms with Gasteiger partial charge in [0, 0.05) is 11.6 Å². The van der Waals surface area contributed by atoms with Crippen molar-refractivity contribution in [3.63, 3.8) is 0 Å². The predicted octanol–water partition coefficient (Wildman–Crippen LogP) is 2.71. The van der Waals surface area contributed by atoms with Gasteiger partial charge in [-0.15, -0.1) is 5.10 Å². The smallest absolute Gasteiger partial charge is 0.361 e. The average Bonchev–Trinajstić information content (AvgIpc) is 2.97. The number of hydrogen-bond acceptors (Lipinski definition) is 6. The highest BCUT2D eigenvalue weighted by Crippen LogP contribution is 2.38. The second-order valence-corrected chi connectivity index (χ2v) is 4.56. The van der Waals surface area contributed by atoms with Crippen LogP contribution in [0.2, 0.25) is 5.02 Å². The lowest BCUT2D eigenvalue weighted by Gasteiger charge is -2.12. The fourth-order valence-corrected chi connectivity index (χ4v) is 2.15. The number of aromatic amines is 1. The Bertz CT molecular complexity index is 672. The maximum Gasteiger partial charge on any atom is 0.361 e. The number of aromatic nitrogens is 3. The van der Waals surface area contributed by atoms with E-state index in [1.54, 1.807) is 19.1 Å². The molecule has 1 N–H and O–H groups in total. The summed E-state index contributed by atoms with van der Waals surface area (Å²) in [6, 6.07) is 3.26. The number of carbonyl (C=O) groups is 1. The first-order valence-electron chi connectivity index (χ1n) is 6.70. The van der Waals surface area contributed by atoms with Crippen molar-refractivity contribution in [2.45, 2.75) is 13.8 Å². The maximum absolute atomic E-state index is 11.9. The Hall–Kier alpha value is -2.28. The average molecular weight is 326 g/mol. The second kappa shape index (κ2) is 7.13. The van der Waals surface area contributed by atoms with Gasteiger partial charge in [-0.2, -0.15) is 10.3 Å². The molecule has 0 aliphatic rings. The van der Waals surface area contributed by atoms with Gasteiger partial charge < -0.3 is 14.2 Å². The fourth-order valence-electron chi connectivity index (χ4n) is 1.90. The Kier molecular flexibility index (Phi) is 5.21. The third-order valence-electron chi connectivity index (χ3n) is 2.82. The molecule has 0 spiro atoms. The number of H-pyrrole nitrogens is 1. The number of nitrogens with zero attached hydrogens (tertiary/aromatic N) is 2. The lowest BCUT2D eigenvalue weighted by molar-refractivity contribution is 0.0520. The molecule has 0 saturated heterocycles. The van der Waals surface area contributed by atoms with Crippen LogP contribution < -0.4 is 9.47 Å². The molecule has 0 fully saturated rings. The van der Waals surface area contributed by atoms with Crippen molar-refractivity contribution in [1.82, 2.24) is 15.4 Å². The SMILES string of the molecule is CCOC(=O)c1n[nH]nc1-c1cc(OC)c(OCC)cc1Cl. The highest BCUT2D eigenvalue weighted by Gasteiger charge is 2.22. The Morgan fingerprint density at radius 3 is 2.64 bits per heavy atom. The third kappa shape index (κ3) is 3.14. The molecule has 0 radical (unpaired) electrons. The minimum absolute atomic E-state index is 0.0648. The van der Waals surface area contributed by atoms with E-state index in [-0.39, 0.29) is 12.3 Å². The van der Waals surface area contributed by atoms with E-state index < -0.39 is 5.97 Å². The predicted molar refractivity (Wildman–Crippen MR) is 80.5 cm³/mol. The molecule has 118 valence electrons. The Labute approximate surface area is 132 Å². The molecule has 0 saturated carbocycles. The van der Waals surface area contributed by atoms with Crippen molar-refractivity contribution in [3.05, 3.63) is 22.8 Å². The summed E-state index contributed by atoms with van der Waals surface area (Å²) in [4.78, 5) is 11.9.